The van der Waals surface area contributed by atoms with Crippen molar-refractivity contribution in [2.45, 2.75) is 13.0 Å². The van der Waals surface area contributed by atoms with Crippen LogP contribution in [0.2, 0.25) is 0 Å². The normalized spacial score (nSPS) is 13.7. The number of likely N-dealkylation sites (N-methyl/N-ethyl adjacent to an activating group) is 1. The lowest BCUT2D eigenvalue weighted by Gasteiger charge is -2.35. The number of carbonyl (C=O) groups excluding carboxylic acids is 2. The van der Waals surface area contributed by atoms with E-state index in [0.29, 0.717) is 29.3 Å². The topological polar surface area (TPSA) is 92.1 Å². The summed E-state index contributed by atoms with van der Waals surface area (Å²) in [6, 6.07) is 19.6. The second-order valence-electron chi connectivity index (χ2n) is 10.9. The Bertz CT molecular complexity index is 1810. The zero-order valence-electron chi connectivity index (χ0n) is 24.7. The number of rotatable bonds is 9. The summed E-state index contributed by atoms with van der Waals surface area (Å²) < 4.78 is 21.7. The van der Waals surface area contributed by atoms with Crippen LogP contribution in [0, 0.1) is 5.82 Å². The fourth-order valence-corrected chi connectivity index (χ4v) is 5.45. The molecule has 0 aliphatic carbocycles. The lowest BCUT2D eigenvalue weighted by molar-refractivity contribution is 0.0947. The molecule has 0 spiro atoms. The van der Waals surface area contributed by atoms with Crippen molar-refractivity contribution >= 4 is 23.0 Å². The summed E-state index contributed by atoms with van der Waals surface area (Å²) in [5, 5.41) is 2.97. The first-order chi connectivity index (χ1) is 21.4. The molecule has 4 heterocycles. The van der Waals surface area contributed by atoms with Crippen LogP contribution < -0.4 is 15.0 Å². The molecular formula is C34H33FN6O3. The molecule has 1 aliphatic heterocycles. The SMILES string of the molecule is COc1ccc(-c2ccn3c(C(=O)Cc4cc(C(=O)NCc5ccccc5N5CCN(C)CC5)ccc4F)cnc3c2)cn1. The monoisotopic (exact) mass is 592 g/mol. The molecule has 5 aromatic rings. The molecule has 0 unspecified atom stereocenters. The van der Waals surface area contributed by atoms with Crippen LogP contribution >= 0.6 is 0 Å². The number of piperazine rings is 1. The lowest BCUT2D eigenvalue weighted by atomic mass is 10.0. The fourth-order valence-electron chi connectivity index (χ4n) is 5.45. The van der Waals surface area contributed by atoms with Gasteiger partial charge in [-0.25, -0.2) is 14.4 Å². The van der Waals surface area contributed by atoms with Crippen molar-refractivity contribution < 1.29 is 18.7 Å². The first-order valence-electron chi connectivity index (χ1n) is 14.5. The van der Waals surface area contributed by atoms with Gasteiger partial charge in [-0.3, -0.25) is 14.0 Å². The van der Waals surface area contributed by atoms with Crippen LogP contribution in [-0.2, 0) is 13.0 Å². The summed E-state index contributed by atoms with van der Waals surface area (Å²) in [6.07, 6.45) is 4.74. The molecule has 0 atom stereocenters. The van der Waals surface area contributed by atoms with Gasteiger partial charge in [0.15, 0.2) is 5.78 Å². The number of pyridine rings is 2. The van der Waals surface area contributed by atoms with Crippen LogP contribution in [0.5, 0.6) is 5.88 Å². The largest absolute Gasteiger partial charge is 0.481 e. The standard InChI is InChI=1S/C34H33FN6O3/c1-39-13-15-40(16-14-39)29-6-4-3-5-26(29)21-38-34(43)24-7-9-28(35)27(17-24)18-31(42)30-22-36-32-19-23(11-12-41(30)32)25-8-10-33(44-2)37-20-25/h3-12,17,19-20,22H,13-16,18,21H2,1-2H3,(H,38,43). The van der Waals surface area contributed by atoms with E-state index in [-0.39, 0.29) is 23.7 Å². The Kier molecular flexibility index (Phi) is 8.33. The quantitative estimate of drug-likeness (QED) is 0.249. The van der Waals surface area contributed by atoms with Crippen molar-refractivity contribution in [2.75, 3.05) is 45.2 Å². The van der Waals surface area contributed by atoms with E-state index in [2.05, 4.69) is 38.2 Å². The molecule has 1 aliphatic rings. The van der Waals surface area contributed by atoms with E-state index in [1.807, 2.05) is 36.4 Å². The Morgan fingerprint density at radius 2 is 1.73 bits per heavy atom. The van der Waals surface area contributed by atoms with Gasteiger partial charge in [-0.15, -0.1) is 0 Å². The van der Waals surface area contributed by atoms with Gasteiger partial charge in [-0.1, -0.05) is 18.2 Å². The molecule has 9 nitrogen and oxygen atoms in total. The van der Waals surface area contributed by atoms with Crippen LogP contribution in [0.3, 0.4) is 0 Å². The highest BCUT2D eigenvalue weighted by molar-refractivity contribution is 5.98. The number of Topliss-reactive ketones (excluding diaryl/α,β-unsaturated/α-hetero) is 1. The molecule has 0 radical (unpaired) electrons. The van der Waals surface area contributed by atoms with Gasteiger partial charge in [0.25, 0.3) is 5.91 Å². The highest BCUT2D eigenvalue weighted by Gasteiger charge is 2.19. The van der Waals surface area contributed by atoms with Gasteiger partial charge in [0.05, 0.1) is 13.3 Å². The number of amides is 1. The average molecular weight is 593 g/mol. The fraction of sp³-hybridized carbons (Fsp3) is 0.235. The zero-order valence-corrected chi connectivity index (χ0v) is 24.7. The number of hydrogen-bond acceptors (Lipinski definition) is 7. The van der Waals surface area contributed by atoms with Crippen molar-refractivity contribution in [3.8, 4) is 17.0 Å². The number of carbonyl (C=O) groups is 2. The summed E-state index contributed by atoms with van der Waals surface area (Å²) in [5.74, 6) is -0.668. The Balaban J connectivity index is 1.14. The molecule has 3 aromatic heterocycles. The molecule has 10 heteroatoms. The third kappa shape index (κ3) is 6.16. The van der Waals surface area contributed by atoms with Crippen LogP contribution in [0.15, 0.2) is 85.3 Å². The molecule has 224 valence electrons. The van der Waals surface area contributed by atoms with E-state index in [0.717, 1.165) is 48.6 Å². The highest BCUT2D eigenvalue weighted by atomic mass is 19.1. The number of para-hydroxylation sites is 1. The minimum atomic E-state index is -0.543. The Labute approximate surface area is 254 Å². The van der Waals surface area contributed by atoms with Crippen LogP contribution in [-0.4, -0.2) is 71.3 Å². The van der Waals surface area contributed by atoms with Gasteiger partial charge >= 0.3 is 0 Å². The van der Waals surface area contributed by atoms with Gasteiger partial charge in [0.1, 0.15) is 17.2 Å². The number of hydrogen-bond donors (Lipinski definition) is 1. The molecule has 2 aromatic carbocycles. The maximum atomic E-state index is 14.9. The predicted octanol–water partition coefficient (Wildman–Crippen LogP) is 4.65. The molecule has 1 fully saturated rings. The van der Waals surface area contributed by atoms with E-state index in [4.69, 9.17) is 4.74 Å². The van der Waals surface area contributed by atoms with E-state index in [1.54, 1.807) is 30.0 Å². The maximum absolute atomic E-state index is 14.9. The van der Waals surface area contributed by atoms with E-state index >= 15 is 0 Å². The molecule has 0 bridgehead atoms. The third-order valence-electron chi connectivity index (χ3n) is 8.01. The molecule has 1 N–H and O–H groups in total. The molecule has 1 saturated heterocycles. The predicted molar refractivity (Wildman–Crippen MR) is 167 cm³/mol. The Morgan fingerprint density at radius 3 is 2.50 bits per heavy atom. The van der Waals surface area contributed by atoms with Crippen molar-refractivity contribution in [2.24, 2.45) is 0 Å². The lowest BCUT2D eigenvalue weighted by Crippen LogP contribution is -2.45. The van der Waals surface area contributed by atoms with Crippen LogP contribution in [0.25, 0.3) is 16.8 Å². The Hall–Kier alpha value is -5.09. The molecule has 1 amide bonds. The summed E-state index contributed by atoms with van der Waals surface area (Å²) in [5.41, 5.74) is 5.23. The second-order valence-corrected chi connectivity index (χ2v) is 10.9. The van der Waals surface area contributed by atoms with Crippen molar-refractivity contribution in [3.63, 3.8) is 0 Å². The van der Waals surface area contributed by atoms with Crippen LogP contribution in [0.1, 0.15) is 32.0 Å². The van der Waals surface area contributed by atoms with Crippen molar-refractivity contribution in [3.05, 3.63) is 114 Å². The van der Waals surface area contributed by atoms with Gasteiger partial charge in [-0.2, -0.15) is 0 Å². The number of nitrogens with one attached hydrogen (secondary N) is 1. The number of benzene rings is 2. The number of ether oxygens (including phenoxy) is 1. The number of nitrogens with zero attached hydrogens (tertiary/aromatic N) is 5. The Morgan fingerprint density at radius 1 is 0.909 bits per heavy atom. The van der Waals surface area contributed by atoms with Crippen molar-refractivity contribution in [1.29, 1.82) is 0 Å². The van der Waals surface area contributed by atoms with Gasteiger partial charge < -0.3 is 19.9 Å². The van der Waals surface area contributed by atoms with Gasteiger partial charge in [-0.05, 0) is 66.2 Å². The van der Waals surface area contributed by atoms with Gasteiger partial charge in [0, 0.05) is 74.4 Å². The number of aromatic nitrogens is 3. The summed E-state index contributed by atoms with van der Waals surface area (Å²) >= 11 is 0. The number of ketones is 1. The number of halogens is 1. The average Bonchev–Trinajstić information content (AvgIpc) is 3.49. The summed E-state index contributed by atoms with van der Waals surface area (Å²) in [6.45, 7) is 4.14. The molecule has 0 saturated carbocycles. The minimum absolute atomic E-state index is 0.149. The minimum Gasteiger partial charge on any atom is -0.481 e. The zero-order chi connectivity index (χ0) is 30.6. The van der Waals surface area contributed by atoms with E-state index in [1.165, 1.54) is 24.4 Å². The first kappa shape index (κ1) is 29.0. The summed E-state index contributed by atoms with van der Waals surface area (Å²) in [4.78, 5) is 39.7. The third-order valence-corrected chi connectivity index (χ3v) is 8.01. The second kappa shape index (κ2) is 12.6. The maximum Gasteiger partial charge on any atom is 0.251 e. The number of fused-ring (bicyclic) bond motifs is 1. The first-order valence-corrected chi connectivity index (χ1v) is 14.5. The van der Waals surface area contributed by atoms with Crippen molar-refractivity contribution in [1.82, 2.24) is 24.6 Å². The molecule has 44 heavy (non-hydrogen) atoms. The van der Waals surface area contributed by atoms with Crippen LogP contribution in [0.4, 0.5) is 10.1 Å². The summed E-state index contributed by atoms with van der Waals surface area (Å²) in [7, 11) is 3.67. The molecule has 6 rings (SSSR count). The number of anilines is 1. The van der Waals surface area contributed by atoms with Gasteiger partial charge in [0.2, 0.25) is 5.88 Å². The number of imidazole rings is 1. The van der Waals surface area contributed by atoms with E-state index < -0.39 is 5.82 Å². The number of methoxy groups -OCH3 is 1. The highest BCUT2D eigenvalue weighted by Crippen LogP contribution is 2.24. The molecular weight excluding hydrogens is 559 g/mol. The van der Waals surface area contributed by atoms with E-state index in [9.17, 15) is 14.0 Å². The smallest absolute Gasteiger partial charge is 0.251 e.